The van der Waals surface area contributed by atoms with Gasteiger partial charge in [0.25, 0.3) is 0 Å². The van der Waals surface area contributed by atoms with E-state index in [0.29, 0.717) is 10.0 Å². The van der Waals surface area contributed by atoms with Crippen LogP contribution in [0, 0.1) is 11.6 Å². The first kappa shape index (κ1) is 13.9. The first-order valence-electron chi connectivity index (χ1n) is 5.44. The Balaban J connectivity index is 2.26. The van der Waals surface area contributed by atoms with Gasteiger partial charge >= 0.3 is 0 Å². The van der Waals surface area contributed by atoms with Gasteiger partial charge in [-0.15, -0.1) is 0 Å². The monoisotopic (exact) mass is 329 g/mol. The van der Waals surface area contributed by atoms with E-state index >= 15 is 0 Å². The molecule has 0 radical (unpaired) electrons. The van der Waals surface area contributed by atoms with Crippen LogP contribution in [-0.4, -0.2) is 10.1 Å². The van der Waals surface area contributed by atoms with Crippen LogP contribution in [0.3, 0.4) is 0 Å². The summed E-state index contributed by atoms with van der Waals surface area (Å²) in [6, 6.07) is 5.38. The number of ether oxygens (including phenoxy) is 1. The molecule has 1 heterocycles. The Morgan fingerprint density at radius 1 is 1.32 bits per heavy atom. The van der Waals surface area contributed by atoms with Gasteiger partial charge in [0.15, 0.2) is 11.6 Å². The van der Waals surface area contributed by atoms with Crippen molar-refractivity contribution in [3.8, 4) is 11.6 Å². The molecule has 19 heavy (non-hydrogen) atoms. The zero-order valence-corrected chi connectivity index (χ0v) is 11.5. The molecule has 0 amide bonds. The summed E-state index contributed by atoms with van der Waals surface area (Å²) in [5.74, 6) is -2.24. The van der Waals surface area contributed by atoms with Crippen LogP contribution in [0.5, 0.6) is 11.6 Å². The van der Waals surface area contributed by atoms with E-state index < -0.39 is 17.7 Å². The van der Waals surface area contributed by atoms with Crippen LogP contribution < -0.4 is 4.74 Å². The standard InChI is InChI=1S/C13H10BrF2NO2/c1-7(18)8-2-3-12(17-6-8)19-11-5-9(14)4-10(15)13(11)16/h2-7,18H,1H3. The van der Waals surface area contributed by atoms with Crippen molar-refractivity contribution in [3.63, 3.8) is 0 Å². The number of nitrogens with zero attached hydrogens (tertiary/aromatic N) is 1. The van der Waals surface area contributed by atoms with Crippen LogP contribution in [0.15, 0.2) is 34.9 Å². The lowest BCUT2D eigenvalue weighted by molar-refractivity contribution is 0.198. The molecule has 0 aliphatic carbocycles. The fourth-order valence-electron chi connectivity index (χ4n) is 1.42. The summed E-state index contributed by atoms with van der Waals surface area (Å²) in [7, 11) is 0. The van der Waals surface area contributed by atoms with Crippen molar-refractivity contribution >= 4 is 15.9 Å². The van der Waals surface area contributed by atoms with E-state index in [4.69, 9.17) is 4.74 Å². The van der Waals surface area contributed by atoms with Crippen molar-refractivity contribution in [2.45, 2.75) is 13.0 Å². The average molecular weight is 330 g/mol. The second kappa shape index (κ2) is 5.63. The summed E-state index contributed by atoms with van der Waals surface area (Å²) in [6.07, 6.45) is 0.758. The van der Waals surface area contributed by atoms with E-state index in [0.717, 1.165) is 6.07 Å². The van der Waals surface area contributed by atoms with Crippen LogP contribution in [0.4, 0.5) is 8.78 Å². The van der Waals surface area contributed by atoms with E-state index in [-0.39, 0.29) is 11.6 Å². The van der Waals surface area contributed by atoms with Gasteiger partial charge in [0.05, 0.1) is 6.10 Å². The Kier molecular flexibility index (Phi) is 4.11. The largest absolute Gasteiger partial charge is 0.436 e. The number of pyridine rings is 1. The molecule has 1 aromatic heterocycles. The van der Waals surface area contributed by atoms with Gasteiger partial charge < -0.3 is 9.84 Å². The summed E-state index contributed by atoms with van der Waals surface area (Å²) in [5.41, 5.74) is 0.605. The molecule has 3 nitrogen and oxygen atoms in total. The molecule has 100 valence electrons. The Bertz CT molecular complexity index is 588. The van der Waals surface area contributed by atoms with Gasteiger partial charge in [0.2, 0.25) is 11.7 Å². The van der Waals surface area contributed by atoms with E-state index in [9.17, 15) is 13.9 Å². The summed E-state index contributed by atoms with van der Waals surface area (Å²) in [6.45, 7) is 1.60. The van der Waals surface area contributed by atoms with Gasteiger partial charge in [-0.05, 0) is 30.7 Å². The van der Waals surface area contributed by atoms with Crippen molar-refractivity contribution < 1.29 is 18.6 Å². The third kappa shape index (κ3) is 3.27. The van der Waals surface area contributed by atoms with Crippen molar-refractivity contribution in [1.82, 2.24) is 4.98 Å². The highest BCUT2D eigenvalue weighted by molar-refractivity contribution is 9.10. The number of aromatic nitrogens is 1. The molecule has 1 aromatic carbocycles. The molecule has 1 unspecified atom stereocenters. The molecule has 0 bridgehead atoms. The lowest BCUT2D eigenvalue weighted by Gasteiger charge is -2.08. The molecule has 2 aromatic rings. The number of rotatable bonds is 3. The number of aliphatic hydroxyl groups is 1. The molecule has 0 spiro atoms. The minimum Gasteiger partial charge on any atom is -0.436 e. The molecule has 0 aliphatic heterocycles. The van der Waals surface area contributed by atoms with Crippen molar-refractivity contribution in [2.24, 2.45) is 0 Å². The van der Waals surface area contributed by atoms with Crippen LogP contribution in [0.1, 0.15) is 18.6 Å². The maximum atomic E-state index is 13.5. The summed E-state index contributed by atoms with van der Waals surface area (Å²) in [4.78, 5) is 3.91. The molecule has 0 fully saturated rings. The fourth-order valence-corrected chi connectivity index (χ4v) is 1.83. The quantitative estimate of drug-likeness (QED) is 0.866. The van der Waals surface area contributed by atoms with E-state index in [1.165, 1.54) is 18.3 Å². The van der Waals surface area contributed by atoms with Crippen LogP contribution in [0.2, 0.25) is 0 Å². The lowest BCUT2D eigenvalue weighted by atomic mass is 10.2. The zero-order chi connectivity index (χ0) is 14.0. The van der Waals surface area contributed by atoms with Gasteiger partial charge in [-0.2, -0.15) is 4.39 Å². The number of hydrogen-bond donors (Lipinski definition) is 1. The molecular weight excluding hydrogens is 320 g/mol. The molecule has 6 heteroatoms. The second-order valence-electron chi connectivity index (χ2n) is 3.91. The van der Waals surface area contributed by atoms with E-state index in [2.05, 4.69) is 20.9 Å². The summed E-state index contributed by atoms with van der Waals surface area (Å²) < 4.78 is 32.2. The first-order chi connectivity index (χ1) is 8.97. The molecule has 1 atom stereocenters. The van der Waals surface area contributed by atoms with Gasteiger partial charge in [-0.1, -0.05) is 15.9 Å². The van der Waals surface area contributed by atoms with Gasteiger partial charge in [0, 0.05) is 16.7 Å². The molecule has 2 rings (SSSR count). The Morgan fingerprint density at radius 3 is 2.63 bits per heavy atom. The molecule has 0 aliphatic rings. The predicted molar refractivity (Wildman–Crippen MR) is 69.0 cm³/mol. The van der Waals surface area contributed by atoms with Crippen molar-refractivity contribution in [3.05, 3.63) is 52.1 Å². The van der Waals surface area contributed by atoms with Gasteiger partial charge in [-0.25, -0.2) is 9.37 Å². The zero-order valence-electron chi connectivity index (χ0n) is 9.90. The number of aliphatic hydroxyl groups excluding tert-OH is 1. The fraction of sp³-hybridized carbons (Fsp3) is 0.154. The van der Waals surface area contributed by atoms with Crippen molar-refractivity contribution in [2.75, 3.05) is 0 Å². The maximum absolute atomic E-state index is 13.5. The Hall–Kier alpha value is -1.53. The van der Waals surface area contributed by atoms with E-state index in [1.54, 1.807) is 13.0 Å². The predicted octanol–water partition coefficient (Wildman–Crippen LogP) is 3.97. The normalized spacial score (nSPS) is 12.3. The number of halogens is 3. The molecule has 0 saturated carbocycles. The van der Waals surface area contributed by atoms with E-state index in [1.807, 2.05) is 0 Å². The van der Waals surface area contributed by atoms with Crippen LogP contribution in [0.25, 0.3) is 0 Å². The van der Waals surface area contributed by atoms with Gasteiger partial charge in [-0.3, -0.25) is 0 Å². The minimum atomic E-state index is -1.08. The minimum absolute atomic E-state index is 0.112. The van der Waals surface area contributed by atoms with Gasteiger partial charge in [0.1, 0.15) is 0 Å². The summed E-state index contributed by atoms with van der Waals surface area (Å²) >= 11 is 3.05. The van der Waals surface area contributed by atoms with Crippen LogP contribution >= 0.6 is 15.9 Å². The molecular formula is C13H10BrF2NO2. The second-order valence-corrected chi connectivity index (χ2v) is 4.82. The number of hydrogen-bond acceptors (Lipinski definition) is 3. The average Bonchev–Trinajstić information content (AvgIpc) is 2.36. The molecule has 1 N–H and O–H groups in total. The third-order valence-electron chi connectivity index (χ3n) is 2.42. The highest BCUT2D eigenvalue weighted by Gasteiger charge is 2.13. The Morgan fingerprint density at radius 2 is 2.05 bits per heavy atom. The molecule has 0 saturated heterocycles. The van der Waals surface area contributed by atoms with Crippen molar-refractivity contribution in [1.29, 1.82) is 0 Å². The topological polar surface area (TPSA) is 42.4 Å². The SMILES string of the molecule is CC(O)c1ccc(Oc2cc(Br)cc(F)c2F)nc1. The highest BCUT2D eigenvalue weighted by atomic mass is 79.9. The first-order valence-corrected chi connectivity index (χ1v) is 6.23. The third-order valence-corrected chi connectivity index (χ3v) is 2.87. The smallest absolute Gasteiger partial charge is 0.219 e. The summed E-state index contributed by atoms with van der Waals surface area (Å²) in [5, 5.41) is 9.32. The highest BCUT2D eigenvalue weighted by Crippen LogP contribution is 2.29. The maximum Gasteiger partial charge on any atom is 0.219 e. The lowest BCUT2D eigenvalue weighted by Crippen LogP contribution is -1.96. The number of benzene rings is 1. The van der Waals surface area contributed by atoms with Crippen LogP contribution in [-0.2, 0) is 0 Å². The Labute approximate surface area is 117 Å².